The van der Waals surface area contributed by atoms with Crippen LogP contribution in [0.1, 0.15) is 16.7 Å². The molecule has 4 nitrogen and oxygen atoms in total. The van der Waals surface area contributed by atoms with Crippen LogP contribution in [-0.2, 0) is 0 Å². The summed E-state index contributed by atoms with van der Waals surface area (Å²) in [6, 6.07) is 65.6. The number of rotatable bonds is 3. The zero-order valence-corrected chi connectivity index (χ0v) is 33.8. The third-order valence-electron chi connectivity index (χ3n) is 10.6. The first-order valence-corrected chi connectivity index (χ1v) is 20.3. The molecule has 2 aromatic heterocycles. The normalized spacial score (nSPS) is 10.8. The minimum Gasteiger partial charge on any atom is -0.456 e. The van der Waals surface area contributed by atoms with Crippen molar-refractivity contribution in [1.82, 2.24) is 0 Å². The summed E-state index contributed by atoms with van der Waals surface area (Å²) in [5.74, 6) is 0.0707. The van der Waals surface area contributed by atoms with Gasteiger partial charge in [-0.2, -0.15) is 0 Å². The molecule has 11 aromatic rings. The highest BCUT2D eigenvalue weighted by Crippen LogP contribution is 2.39. The van der Waals surface area contributed by atoms with E-state index in [2.05, 4.69) is 154 Å². The van der Waals surface area contributed by atoms with E-state index in [4.69, 9.17) is 21.0 Å². The number of hydrogen-bond donors (Lipinski definition) is 3. The number of nitrogens with one attached hydrogen (secondary N) is 2. The van der Waals surface area contributed by atoms with E-state index in [1.54, 1.807) is 0 Å². The smallest absolute Gasteiger partial charge is 0.136 e. The monoisotopic (exact) mass is 781 g/mol. The minimum atomic E-state index is 0.0707. The molecule has 59 heavy (non-hydrogen) atoms. The molecule has 0 aliphatic carbocycles. The fraction of sp³-hybridized carbons (Fsp3) is 0.0370. The van der Waals surface area contributed by atoms with Gasteiger partial charge in [-0.3, -0.25) is 5.41 Å². The van der Waals surface area contributed by atoms with Crippen molar-refractivity contribution in [2.24, 2.45) is 5.73 Å². The lowest BCUT2D eigenvalue weighted by atomic mass is 9.95. The maximum atomic E-state index is 7.69. The van der Waals surface area contributed by atoms with E-state index in [9.17, 15) is 0 Å². The molecule has 2 heterocycles. The van der Waals surface area contributed by atoms with Gasteiger partial charge in [-0.1, -0.05) is 157 Å². The van der Waals surface area contributed by atoms with Gasteiger partial charge in [-0.25, -0.2) is 0 Å². The van der Waals surface area contributed by atoms with Gasteiger partial charge < -0.3 is 15.6 Å². The van der Waals surface area contributed by atoms with E-state index in [1.165, 1.54) is 58.4 Å². The first kappa shape index (κ1) is 38.5. The molecule has 0 spiro atoms. The van der Waals surface area contributed by atoms with E-state index < -0.39 is 0 Å². The Bertz CT molecular complexity index is 3250. The molecule has 0 radical (unpaired) electrons. The van der Waals surface area contributed by atoms with Gasteiger partial charge in [0.05, 0.1) is 0 Å². The van der Waals surface area contributed by atoms with Crippen molar-refractivity contribution < 1.29 is 4.42 Å². The standard InChI is InChI=1S/C33H22N2O.C13H10S.C7H8.CH3N/c34-33(35)23-13-10-21(11-14-23)27-6-3-7-31-32(27)29-19-25(16-17-30(29)36-31)24-15-12-22-9-8-20-4-1-2-5-26(20)28(22)18-24;1-9-6-7-13-11(8-9)10-4-2-3-5-12(10)14-13;1-7-5-3-2-4-6-7;1-2/h1-19H,(H3,34,35);2-8H,1H3;2-6H,1H3;2H,1H2. The Morgan fingerprint density at radius 3 is 1.81 bits per heavy atom. The quantitative estimate of drug-likeness (QED) is 0.0947. The molecule has 0 unspecified atom stereocenters. The molecule has 11 rings (SSSR count). The van der Waals surface area contributed by atoms with Crippen molar-refractivity contribution in [2.75, 3.05) is 0 Å². The Kier molecular flexibility index (Phi) is 11.1. The highest BCUT2D eigenvalue weighted by atomic mass is 32.1. The Hall–Kier alpha value is -7.34. The third kappa shape index (κ3) is 7.97. The first-order chi connectivity index (χ1) is 28.9. The lowest BCUT2D eigenvalue weighted by Crippen LogP contribution is -2.10. The van der Waals surface area contributed by atoms with Gasteiger partial charge in [0.2, 0.25) is 0 Å². The lowest BCUT2D eigenvalue weighted by molar-refractivity contribution is 0.669. The molecule has 286 valence electrons. The summed E-state index contributed by atoms with van der Waals surface area (Å²) in [5.41, 5.74) is 15.3. The van der Waals surface area contributed by atoms with E-state index in [1.807, 2.05) is 65.9 Å². The van der Waals surface area contributed by atoms with Crippen LogP contribution in [0.4, 0.5) is 0 Å². The van der Waals surface area contributed by atoms with Crippen LogP contribution in [0.15, 0.2) is 192 Å². The maximum absolute atomic E-state index is 7.69. The average molecular weight is 782 g/mol. The van der Waals surface area contributed by atoms with Crippen molar-refractivity contribution in [3.05, 3.63) is 205 Å². The Balaban J connectivity index is 0.000000171. The zero-order valence-electron chi connectivity index (χ0n) is 33.0. The van der Waals surface area contributed by atoms with Gasteiger partial charge in [-0.05, 0) is 107 Å². The molecular weight excluding hydrogens is 739 g/mol. The molecule has 9 aromatic carbocycles. The molecule has 0 atom stereocenters. The number of nitrogens with two attached hydrogens (primary N) is 1. The summed E-state index contributed by atoms with van der Waals surface area (Å²) in [6.45, 7) is 6.73. The van der Waals surface area contributed by atoms with E-state index in [-0.39, 0.29) is 5.84 Å². The van der Waals surface area contributed by atoms with Crippen LogP contribution in [0.25, 0.3) is 85.9 Å². The van der Waals surface area contributed by atoms with E-state index >= 15 is 0 Å². The predicted molar refractivity (Wildman–Crippen MR) is 256 cm³/mol. The highest BCUT2D eigenvalue weighted by Gasteiger charge is 2.14. The molecule has 0 aliphatic heterocycles. The molecule has 0 saturated heterocycles. The summed E-state index contributed by atoms with van der Waals surface area (Å²) >= 11 is 1.87. The van der Waals surface area contributed by atoms with Crippen LogP contribution in [0.5, 0.6) is 0 Å². The van der Waals surface area contributed by atoms with Crippen molar-refractivity contribution in [3.8, 4) is 22.3 Å². The van der Waals surface area contributed by atoms with Crippen molar-refractivity contribution >= 4 is 87.5 Å². The van der Waals surface area contributed by atoms with Crippen LogP contribution in [0.2, 0.25) is 0 Å². The van der Waals surface area contributed by atoms with Crippen LogP contribution in [0.3, 0.4) is 0 Å². The fourth-order valence-corrected chi connectivity index (χ4v) is 8.72. The molecule has 0 saturated carbocycles. The summed E-state index contributed by atoms with van der Waals surface area (Å²) in [7, 11) is 0. The van der Waals surface area contributed by atoms with Gasteiger partial charge in [-0.15, -0.1) is 11.3 Å². The number of amidine groups is 1. The molecule has 0 fully saturated rings. The van der Waals surface area contributed by atoms with Crippen LogP contribution < -0.4 is 5.73 Å². The Morgan fingerprint density at radius 1 is 0.475 bits per heavy atom. The van der Waals surface area contributed by atoms with Crippen molar-refractivity contribution in [1.29, 1.82) is 10.8 Å². The first-order valence-electron chi connectivity index (χ1n) is 19.5. The Morgan fingerprint density at radius 2 is 1.08 bits per heavy atom. The number of thiophene rings is 1. The highest BCUT2D eigenvalue weighted by molar-refractivity contribution is 7.25. The lowest BCUT2D eigenvalue weighted by Gasteiger charge is -2.08. The summed E-state index contributed by atoms with van der Waals surface area (Å²) in [5, 5.41) is 23.2. The molecule has 5 heteroatoms. The zero-order chi connectivity index (χ0) is 40.9. The number of furan rings is 1. The second-order valence-electron chi connectivity index (χ2n) is 14.5. The van der Waals surface area contributed by atoms with Crippen molar-refractivity contribution in [2.45, 2.75) is 13.8 Å². The summed E-state index contributed by atoms with van der Waals surface area (Å²) < 4.78 is 9.01. The van der Waals surface area contributed by atoms with E-state index in [0.29, 0.717) is 5.56 Å². The largest absolute Gasteiger partial charge is 0.456 e. The number of fused-ring (bicyclic) bond motifs is 9. The average Bonchev–Trinajstić information content (AvgIpc) is 3.85. The minimum absolute atomic E-state index is 0.0707. The van der Waals surface area contributed by atoms with Gasteiger partial charge in [0, 0.05) is 36.5 Å². The van der Waals surface area contributed by atoms with Crippen LogP contribution in [0, 0.1) is 24.7 Å². The molecule has 0 bridgehead atoms. The number of benzene rings is 9. The number of aryl methyl sites for hydroxylation is 2. The van der Waals surface area contributed by atoms with Gasteiger partial charge in [0.15, 0.2) is 0 Å². The maximum Gasteiger partial charge on any atom is 0.136 e. The van der Waals surface area contributed by atoms with E-state index in [0.717, 1.165) is 38.6 Å². The van der Waals surface area contributed by atoms with Gasteiger partial charge in [0.25, 0.3) is 0 Å². The van der Waals surface area contributed by atoms with Gasteiger partial charge in [0.1, 0.15) is 17.0 Å². The molecule has 0 aliphatic rings. The summed E-state index contributed by atoms with van der Waals surface area (Å²) in [6.07, 6.45) is 0. The number of nitrogen functional groups attached to an aromatic ring is 1. The second-order valence-corrected chi connectivity index (χ2v) is 15.5. The molecule has 0 amide bonds. The van der Waals surface area contributed by atoms with Crippen LogP contribution >= 0.6 is 11.3 Å². The van der Waals surface area contributed by atoms with Crippen molar-refractivity contribution in [3.63, 3.8) is 0 Å². The Labute approximate surface area is 347 Å². The summed E-state index contributed by atoms with van der Waals surface area (Å²) in [4.78, 5) is 0. The third-order valence-corrected chi connectivity index (χ3v) is 11.7. The van der Waals surface area contributed by atoms with Gasteiger partial charge >= 0.3 is 0 Å². The molecular formula is C54H43N3OS. The topological polar surface area (TPSA) is 86.9 Å². The predicted octanol–water partition coefficient (Wildman–Crippen LogP) is 15.1. The number of hydrogen-bond acceptors (Lipinski definition) is 4. The molecule has 4 N–H and O–H groups in total. The fourth-order valence-electron chi connectivity index (χ4n) is 7.63. The van der Waals surface area contributed by atoms with Crippen LogP contribution in [-0.4, -0.2) is 12.6 Å². The SMILES string of the molecule is C=N.Cc1ccc2sc3ccccc3c2c1.Cc1ccccc1.N=C(N)c1ccc(-c2cccc3oc4ccc(-c5ccc6ccc7ccccc7c6c5)cc4c23)cc1. The second kappa shape index (κ2) is 17.0.